The summed E-state index contributed by atoms with van der Waals surface area (Å²) in [6, 6.07) is 7.25. The molecule has 0 aromatic heterocycles. The first kappa shape index (κ1) is 10.5. The van der Waals surface area contributed by atoms with Gasteiger partial charge in [-0.3, -0.25) is 4.79 Å². The average molecular weight is 226 g/mol. The highest BCUT2D eigenvalue weighted by Crippen LogP contribution is 2.28. The van der Waals surface area contributed by atoms with Gasteiger partial charge in [0.15, 0.2) is 0 Å². The van der Waals surface area contributed by atoms with Gasteiger partial charge in [-0.1, -0.05) is 23.7 Å². The van der Waals surface area contributed by atoms with Crippen LogP contribution in [0.25, 0.3) is 0 Å². The van der Waals surface area contributed by atoms with E-state index < -0.39 is 6.10 Å². The van der Waals surface area contributed by atoms with Gasteiger partial charge in [-0.25, -0.2) is 0 Å². The van der Waals surface area contributed by atoms with Crippen LogP contribution in [0, 0.1) is 0 Å². The van der Waals surface area contributed by atoms with Crippen LogP contribution >= 0.6 is 11.6 Å². The van der Waals surface area contributed by atoms with Crippen LogP contribution in [0.3, 0.4) is 0 Å². The summed E-state index contributed by atoms with van der Waals surface area (Å²) in [6.45, 7) is 0.531. The molecule has 1 N–H and O–H groups in total. The first-order valence-corrected chi connectivity index (χ1v) is 5.29. The second-order valence-electron chi connectivity index (χ2n) is 3.64. The van der Waals surface area contributed by atoms with Crippen LogP contribution in [-0.4, -0.2) is 23.7 Å². The SMILES string of the molecule is O=C1CC(O)CCN1c1ccccc1Cl. The molecular formula is C11H12ClNO2. The minimum absolute atomic E-state index is 0.0677. The van der Waals surface area contributed by atoms with Crippen LogP contribution in [0.5, 0.6) is 0 Å². The molecule has 0 radical (unpaired) electrons. The molecule has 1 amide bonds. The van der Waals surface area contributed by atoms with E-state index in [-0.39, 0.29) is 12.3 Å². The summed E-state index contributed by atoms with van der Waals surface area (Å²) < 4.78 is 0. The predicted molar refractivity (Wildman–Crippen MR) is 59.0 cm³/mol. The number of aliphatic hydroxyl groups is 1. The van der Waals surface area contributed by atoms with Gasteiger partial charge in [0.2, 0.25) is 5.91 Å². The van der Waals surface area contributed by atoms with Gasteiger partial charge in [0, 0.05) is 6.54 Å². The number of nitrogens with zero attached hydrogens (tertiary/aromatic N) is 1. The van der Waals surface area contributed by atoms with Gasteiger partial charge in [0.25, 0.3) is 0 Å². The molecule has 1 unspecified atom stereocenters. The Hall–Kier alpha value is -1.06. The van der Waals surface area contributed by atoms with Crippen molar-refractivity contribution >= 4 is 23.2 Å². The Labute approximate surface area is 93.3 Å². The number of halogens is 1. The Kier molecular flexibility index (Phi) is 2.93. The summed E-state index contributed by atoms with van der Waals surface area (Å²) >= 11 is 6.00. The zero-order valence-electron chi connectivity index (χ0n) is 8.19. The normalized spacial score (nSPS) is 21.9. The molecule has 80 valence electrons. The number of benzene rings is 1. The Bertz CT molecular complexity index is 381. The van der Waals surface area contributed by atoms with Crippen LogP contribution in [0.4, 0.5) is 5.69 Å². The fourth-order valence-corrected chi connectivity index (χ4v) is 1.98. The first-order chi connectivity index (χ1) is 7.18. The van der Waals surface area contributed by atoms with Crippen LogP contribution in [0.1, 0.15) is 12.8 Å². The van der Waals surface area contributed by atoms with Crippen LogP contribution < -0.4 is 4.90 Å². The van der Waals surface area contributed by atoms with Gasteiger partial charge in [-0.05, 0) is 18.6 Å². The van der Waals surface area contributed by atoms with Crippen molar-refractivity contribution in [1.82, 2.24) is 0 Å². The molecule has 4 heteroatoms. The summed E-state index contributed by atoms with van der Waals surface area (Å²) in [5.41, 5.74) is 0.732. The predicted octanol–water partition coefficient (Wildman–Crippen LogP) is 1.83. The van der Waals surface area contributed by atoms with Crippen molar-refractivity contribution in [2.45, 2.75) is 18.9 Å². The number of carbonyl (C=O) groups excluding carboxylic acids is 1. The summed E-state index contributed by atoms with van der Waals surface area (Å²) in [5, 5.41) is 9.90. The van der Waals surface area contributed by atoms with Crippen LogP contribution in [-0.2, 0) is 4.79 Å². The summed E-state index contributed by atoms with van der Waals surface area (Å²) in [7, 11) is 0. The third-order valence-electron chi connectivity index (χ3n) is 2.54. The molecule has 15 heavy (non-hydrogen) atoms. The molecule has 1 heterocycles. The fraction of sp³-hybridized carbons (Fsp3) is 0.364. The molecule has 0 bridgehead atoms. The van der Waals surface area contributed by atoms with E-state index in [1.165, 1.54) is 0 Å². The van der Waals surface area contributed by atoms with Crippen molar-refractivity contribution in [3.63, 3.8) is 0 Å². The summed E-state index contributed by atoms with van der Waals surface area (Å²) in [4.78, 5) is 13.3. The van der Waals surface area contributed by atoms with Gasteiger partial charge in [0.05, 0.1) is 23.2 Å². The van der Waals surface area contributed by atoms with Gasteiger partial charge in [-0.15, -0.1) is 0 Å². The second kappa shape index (κ2) is 4.21. The minimum atomic E-state index is -0.503. The first-order valence-electron chi connectivity index (χ1n) is 4.91. The van der Waals surface area contributed by atoms with Gasteiger partial charge >= 0.3 is 0 Å². The number of carbonyl (C=O) groups is 1. The molecule has 1 saturated heterocycles. The van der Waals surface area contributed by atoms with Crippen molar-refractivity contribution in [2.24, 2.45) is 0 Å². The molecule has 0 spiro atoms. The molecule has 1 aliphatic heterocycles. The van der Waals surface area contributed by atoms with Gasteiger partial charge in [-0.2, -0.15) is 0 Å². The zero-order chi connectivity index (χ0) is 10.8. The number of amides is 1. The molecule has 1 aromatic carbocycles. The average Bonchev–Trinajstić information content (AvgIpc) is 2.20. The number of para-hydroxylation sites is 1. The van der Waals surface area contributed by atoms with E-state index in [0.717, 1.165) is 5.69 Å². The maximum Gasteiger partial charge on any atom is 0.229 e. The number of hydrogen-bond donors (Lipinski definition) is 1. The van der Waals surface area contributed by atoms with Crippen molar-refractivity contribution in [3.8, 4) is 0 Å². The summed E-state index contributed by atoms with van der Waals surface area (Å²) in [5.74, 6) is -0.0677. The van der Waals surface area contributed by atoms with Crippen molar-refractivity contribution in [2.75, 3.05) is 11.4 Å². The largest absolute Gasteiger partial charge is 0.393 e. The lowest BCUT2D eigenvalue weighted by atomic mass is 10.1. The van der Waals surface area contributed by atoms with Crippen molar-refractivity contribution in [3.05, 3.63) is 29.3 Å². The Morgan fingerprint density at radius 1 is 1.40 bits per heavy atom. The Balaban J connectivity index is 2.24. The van der Waals surface area contributed by atoms with Gasteiger partial charge in [0.1, 0.15) is 0 Å². The Morgan fingerprint density at radius 3 is 2.80 bits per heavy atom. The number of aliphatic hydroxyl groups excluding tert-OH is 1. The number of anilines is 1. The lowest BCUT2D eigenvalue weighted by molar-refractivity contribution is -0.122. The third kappa shape index (κ3) is 2.13. The van der Waals surface area contributed by atoms with Crippen molar-refractivity contribution < 1.29 is 9.90 Å². The van der Waals surface area contributed by atoms with E-state index in [4.69, 9.17) is 11.6 Å². The molecule has 1 aliphatic rings. The molecule has 1 aromatic rings. The number of piperidine rings is 1. The van der Waals surface area contributed by atoms with Crippen LogP contribution in [0.15, 0.2) is 24.3 Å². The number of hydrogen-bond acceptors (Lipinski definition) is 2. The highest BCUT2D eigenvalue weighted by Gasteiger charge is 2.26. The Morgan fingerprint density at radius 2 is 2.13 bits per heavy atom. The highest BCUT2D eigenvalue weighted by atomic mass is 35.5. The molecule has 1 atom stereocenters. The minimum Gasteiger partial charge on any atom is -0.393 e. The number of rotatable bonds is 1. The maximum absolute atomic E-state index is 11.7. The monoisotopic (exact) mass is 225 g/mol. The topological polar surface area (TPSA) is 40.5 Å². The smallest absolute Gasteiger partial charge is 0.229 e. The van der Waals surface area contributed by atoms with E-state index in [2.05, 4.69) is 0 Å². The van der Waals surface area contributed by atoms with E-state index in [0.29, 0.717) is 18.0 Å². The lowest BCUT2D eigenvalue weighted by Gasteiger charge is -2.30. The quantitative estimate of drug-likeness (QED) is 0.792. The third-order valence-corrected chi connectivity index (χ3v) is 2.86. The van der Waals surface area contributed by atoms with E-state index in [9.17, 15) is 9.90 Å². The van der Waals surface area contributed by atoms with Crippen LogP contribution in [0.2, 0.25) is 5.02 Å². The molecule has 1 fully saturated rings. The van der Waals surface area contributed by atoms with Gasteiger partial charge < -0.3 is 10.0 Å². The second-order valence-corrected chi connectivity index (χ2v) is 4.05. The molecule has 2 rings (SSSR count). The van der Waals surface area contributed by atoms with E-state index >= 15 is 0 Å². The van der Waals surface area contributed by atoms with E-state index in [1.807, 2.05) is 18.2 Å². The standard InChI is InChI=1S/C11H12ClNO2/c12-9-3-1-2-4-10(9)13-6-5-8(14)7-11(13)15/h1-4,8,14H,5-7H2. The molecule has 0 saturated carbocycles. The zero-order valence-corrected chi connectivity index (χ0v) is 8.94. The molecule has 3 nitrogen and oxygen atoms in total. The summed E-state index contributed by atoms with van der Waals surface area (Å²) in [6.07, 6.45) is 0.290. The molecular weight excluding hydrogens is 214 g/mol. The fourth-order valence-electron chi connectivity index (χ4n) is 1.74. The highest BCUT2D eigenvalue weighted by molar-refractivity contribution is 6.33. The lowest BCUT2D eigenvalue weighted by Crippen LogP contribution is -2.40. The maximum atomic E-state index is 11.7. The van der Waals surface area contributed by atoms with Crippen molar-refractivity contribution in [1.29, 1.82) is 0 Å². The molecule has 0 aliphatic carbocycles. The van der Waals surface area contributed by atoms with E-state index in [1.54, 1.807) is 11.0 Å².